The Morgan fingerprint density at radius 1 is 1.31 bits per heavy atom. The Bertz CT molecular complexity index is 1320. The van der Waals surface area contributed by atoms with E-state index in [1.165, 1.54) is 31.6 Å². The molecule has 1 amide bonds. The largest absolute Gasteiger partial charge is 0.496 e. The van der Waals surface area contributed by atoms with Crippen LogP contribution in [0.3, 0.4) is 0 Å². The van der Waals surface area contributed by atoms with Crippen LogP contribution in [0.4, 0.5) is 11.4 Å². The molecule has 2 aromatic carbocycles. The SMILES string of the molecule is COc1ccc(NC(=O)Cn2cnc3c(oc4ccccc43)c2=O)c([N+](=O)[O-])c1. The molecular formula is C19H14N4O6. The van der Waals surface area contributed by atoms with E-state index in [-0.39, 0.29) is 29.3 Å². The number of anilines is 1. The van der Waals surface area contributed by atoms with Crippen molar-refractivity contribution in [3.8, 4) is 5.75 Å². The first-order chi connectivity index (χ1) is 14.0. The number of furan rings is 1. The van der Waals surface area contributed by atoms with Crippen LogP contribution in [-0.2, 0) is 11.3 Å². The highest BCUT2D eigenvalue weighted by Gasteiger charge is 2.19. The first kappa shape index (κ1) is 18.2. The first-order valence-electron chi connectivity index (χ1n) is 8.47. The highest BCUT2D eigenvalue weighted by atomic mass is 16.6. The van der Waals surface area contributed by atoms with E-state index in [4.69, 9.17) is 9.15 Å². The third kappa shape index (κ3) is 3.27. The van der Waals surface area contributed by atoms with E-state index in [2.05, 4.69) is 10.3 Å². The molecule has 0 atom stereocenters. The lowest BCUT2D eigenvalue weighted by molar-refractivity contribution is -0.384. The number of benzene rings is 2. The summed E-state index contributed by atoms with van der Waals surface area (Å²) in [6.45, 7) is -0.387. The van der Waals surface area contributed by atoms with Crippen molar-refractivity contribution in [2.24, 2.45) is 0 Å². The fourth-order valence-electron chi connectivity index (χ4n) is 2.97. The van der Waals surface area contributed by atoms with Crippen LogP contribution < -0.4 is 15.6 Å². The van der Waals surface area contributed by atoms with Gasteiger partial charge in [-0.1, -0.05) is 12.1 Å². The number of hydrogen-bond donors (Lipinski definition) is 1. The van der Waals surface area contributed by atoms with E-state index in [0.29, 0.717) is 16.5 Å². The molecule has 0 spiro atoms. The second-order valence-electron chi connectivity index (χ2n) is 6.14. The number of para-hydroxylation sites is 1. The first-order valence-corrected chi connectivity index (χ1v) is 8.47. The van der Waals surface area contributed by atoms with Gasteiger partial charge in [-0.25, -0.2) is 4.98 Å². The molecule has 4 rings (SSSR count). The zero-order valence-corrected chi connectivity index (χ0v) is 15.1. The molecule has 0 aliphatic heterocycles. The molecule has 0 saturated carbocycles. The number of amides is 1. The lowest BCUT2D eigenvalue weighted by atomic mass is 10.2. The number of hydrogen-bond acceptors (Lipinski definition) is 7. The highest BCUT2D eigenvalue weighted by molar-refractivity contribution is 6.01. The van der Waals surface area contributed by atoms with Gasteiger partial charge in [0.2, 0.25) is 11.5 Å². The van der Waals surface area contributed by atoms with E-state index >= 15 is 0 Å². The molecule has 0 aliphatic rings. The minimum absolute atomic E-state index is 0.00776. The number of nitro benzene ring substituents is 1. The Morgan fingerprint density at radius 3 is 2.86 bits per heavy atom. The molecule has 4 aromatic rings. The topological polar surface area (TPSA) is 130 Å². The van der Waals surface area contributed by atoms with Gasteiger partial charge < -0.3 is 14.5 Å². The van der Waals surface area contributed by atoms with E-state index < -0.39 is 16.4 Å². The smallest absolute Gasteiger partial charge is 0.297 e. The van der Waals surface area contributed by atoms with Gasteiger partial charge in [0.25, 0.3) is 11.2 Å². The van der Waals surface area contributed by atoms with Gasteiger partial charge in [-0.3, -0.25) is 24.3 Å². The molecule has 0 unspecified atom stereocenters. The summed E-state index contributed by atoms with van der Waals surface area (Å²) in [4.78, 5) is 39.9. The summed E-state index contributed by atoms with van der Waals surface area (Å²) >= 11 is 0. The maximum atomic E-state index is 12.7. The standard InChI is InChI=1S/C19H14N4O6/c1-28-11-6-7-13(14(8-11)23(26)27)21-16(24)9-22-10-20-17-12-4-2-3-5-15(12)29-18(17)19(22)25/h2-8,10H,9H2,1H3,(H,21,24). The molecule has 2 heterocycles. The van der Waals surface area contributed by atoms with Gasteiger partial charge in [0.1, 0.15) is 29.1 Å². The molecular weight excluding hydrogens is 380 g/mol. The number of ether oxygens (including phenoxy) is 1. The predicted octanol–water partition coefficient (Wildman–Crippen LogP) is 2.70. The van der Waals surface area contributed by atoms with Crippen molar-refractivity contribution in [3.63, 3.8) is 0 Å². The summed E-state index contributed by atoms with van der Waals surface area (Å²) in [5.74, 6) is -0.344. The van der Waals surface area contributed by atoms with Crippen LogP contribution >= 0.6 is 0 Å². The third-order valence-corrected chi connectivity index (χ3v) is 4.34. The monoisotopic (exact) mass is 394 g/mol. The fraction of sp³-hybridized carbons (Fsp3) is 0.105. The molecule has 10 nitrogen and oxygen atoms in total. The van der Waals surface area contributed by atoms with Crippen molar-refractivity contribution in [1.82, 2.24) is 9.55 Å². The maximum Gasteiger partial charge on any atom is 0.297 e. The zero-order valence-electron chi connectivity index (χ0n) is 15.1. The van der Waals surface area contributed by atoms with Crippen LogP contribution in [0.25, 0.3) is 22.1 Å². The number of nitro groups is 1. The Kier molecular flexibility index (Phi) is 4.43. The average Bonchev–Trinajstić information content (AvgIpc) is 3.10. The lowest BCUT2D eigenvalue weighted by Gasteiger charge is -2.08. The summed E-state index contributed by atoms with van der Waals surface area (Å²) in [6.07, 6.45) is 1.24. The molecule has 0 radical (unpaired) electrons. The van der Waals surface area contributed by atoms with E-state index in [1.807, 2.05) is 0 Å². The number of rotatable bonds is 5. The minimum atomic E-state index is -0.633. The zero-order chi connectivity index (χ0) is 20.5. The van der Waals surface area contributed by atoms with Crippen LogP contribution in [0.2, 0.25) is 0 Å². The molecule has 2 aromatic heterocycles. The van der Waals surface area contributed by atoms with Gasteiger partial charge in [-0.15, -0.1) is 0 Å². The van der Waals surface area contributed by atoms with Gasteiger partial charge in [0.05, 0.1) is 24.4 Å². The van der Waals surface area contributed by atoms with Crippen LogP contribution in [0, 0.1) is 10.1 Å². The van der Waals surface area contributed by atoms with Crippen LogP contribution in [0.1, 0.15) is 0 Å². The van der Waals surface area contributed by atoms with Gasteiger partial charge in [0, 0.05) is 5.39 Å². The fourth-order valence-corrected chi connectivity index (χ4v) is 2.97. The quantitative estimate of drug-likeness (QED) is 0.407. The number of fused-ring (bicyclic) bond motifs is 3. The third-order valence-electron chi connectivity index (χ3n) is 4.34. The van der Waals surface area contributed by atoms with Crippen molar-refractivity contribution in [2.45, 2.75) is 6.54 Å². The number of nitrogens with zero attached hydrogens (tertiary/aromatic N) is 3. The molecule has 146 valence electrons. The predicted molar refractivity (Wildman–Crippen MR) is 104 cm³/mol. The molecule has 1 N–H and O–H groups in total. The Labute approximate surface area is 162 Å². The molecule has 0 fully saturated rings. The Hall–Kier alpha value is -4.21. The summed E-state index contributed by atoms with van der Waals surface area (Å²) < 4.78 is 11.6. The molecule has 10 heteroatoms. The van der Waals surface area contributed by atoms with Gasteiger partial charge in [-0.2, -0.15) is 0 Å². The van der Waals surface area contributed by atoms with Crippen LogP contribution in [0.5, 0.6) is 5.75 Å². The molecule has 29 heavy (non-hydrogen) atoms. The summed E-state index contributed by atoms with van der Waals surface area (Å²) in [5, 5.41) is 14.4. The Balaban J connectivity index is 1.63. The van der Waals surface area contributed by atoms with Gasteiger partial charge in [0.15, 0.2) is 0 Å². The second-order valence-corrected chi connectivity index (χ2v) is 6.14. The van der Waals surface area contributed by atoms with Gasteiger partial charge >= 0.3 is 0 Å². The van der Waals surface area contributed by atoms with Crippen molar-refractivity contribution >= 4 is 39.4 Å². The van der Waals surface area contributed by atoms with E-state index in [1.54, 1.807) is 24.3 Å². The van der Waals surface area contributed by atoms with Crippen LogP contribution in [-0.4, -0.2) is 27.5 Å². The number of carbonyl (C=O) groups excluding carboxylic acids is 1. The number of methoxy groups -OCH3 is 1. The normalized spacial score (nSPS) is 10.9. The lowest BCUT2D eigenvalue weighted by Crippen LogP contribution is -2.27. The van der Waals surface area contributed by atoms with Crippen molar-refractivity contribution in [1.29, 1.82) is 0 Å². The summed E-state index contributed by atoms with van der Waals surface area (Å²) in [6, 6.07) is 11.1. The van der Waals surface area contributed by atoms with Crippen LogP contribution in [0.15, 0.2) is 58.0 Å². The number of carbonyl (C=O) groups is 1. The molecule has 0 aliphatic carbocycles. The van der Waals surface area contributed by atoms with E-state index in [0.717, 1.165) is 4.57 Å². The van der Waals surface area contributed by atoms with Crippen molar-refractivity contribution < 1.29 is 18.9 Å². The summed E-state index contributed by atoms with van der Waals surface area (Å²) in [5.41, 5.74) is 0.112. The van der Waals surface area contributed by atoms with Crippen molar-refractivity contribution in [2.75, 3.05) is 12.4 Å². The average molecular weight is 394 g/mol. The minimum Gasteiger partial charge on any atom is -0.496 e. The molecule has 0 saturated heterocycles. The van der Waals surface area contributed by atoms with Crippen molar-refractivity contribution in [3.05, 3.63) is 69.3 Å². The summed E-state index contributed by atoms with van der Waals surface area (Å²) in [7, 11) is 1.38. The van der Waals surface area contributed by atoms with E-state index in [9.17, 15) is 19.7 Å². The number of nitrogens with one attached hydrogen (secondary N) is 1. The Morgan fingerprint density at radius 2 is 2.10 bits per heavy atom. The van der Waals surface area contributed by atoms with Gasteiger partial charge in [-0.05, 0) is 24.3 Å². The number of aromatic nitrogens is 2. The maximum absolute atomic E-state index is 12.7. The molecule has 0 bridgehead atoms. The second kappa shape index (κ2) is 7.08. The highest BCUT2D eigenvalue weighted by Crippen LogP contribution is 2.29.